The molecule has 2 aromatic carbocycles. The maximum atomic E-state index is 13.9. The van der Waals surface area contributed by atoms with E-state index in [1.165, 1.54) is 24.3 Å². The molecule has 2 aromatic rings. The lowest BCUT2D eigenvalue weighted by molar-refractivity contribution is -0.384. The largest absolute Gasteiger partial charge is 0.425 e. The van der Waals surface area contributed by atoms with Crippen LogP contribution in [0.3, 0.4) is 0 Å². The highest BCUT2D eigenvalue weighted by atomic mass is 16.6. The summed E-state index contributed by atoms with van der Waals surface area (Å²) in [6, 6.07) is 11.5. The van der Waals surface area contributed by atoms with Gasteiger partial charge in [0.2, 0.25) is 29.5 Å². The van der Waals surface area contributed by atoms with Gasteiger partial charge in [0.15, 0.2) is 0 Å². The fraction of sp³-hybridized carbons (Fsp3) is 0.571. The van der Waals surface area contributed by atoms with Crippen LogP contribution in [0.2, 0.25) is 0 Å². The van der Waals surface area contributed by atoms with Crippen LogP contribution in [0.15, 0.2) is 54.6 Å². The van der Waals surface area contributed by atoms with E-state index in [0.717, 1.165) is 5.56 Å². The van der Waals surface area contributed by atoms with Crippen molar-refractivity contribution in [3.05, 3.63) is 70.3 Å². The van der Waals surface area contributed by atoms with Crippen molar-refractivity contribution in [2.24, 2.45) is 28.6 Å². The number of amides is 5. The average molecular weight is 811 g/mol. The van der Waals surface area contributed by atoms with Gasteiger partial charge in [-0.15, -0.1) is 0 Å². The number of nitro groups is 1. The van der Waals surface area contributed by atoms with Gasteiger partial charge >= 0.3 is 5.97 Å². The molecule has 0 radical (unpaired) electrons. The summed E-state index contributed by atoms with van der Waals surface area (Å²) < 4.78 is 5.16. The molecule has 2 rings (SSSR count). The smallest absolute Gasteiger partial charge is 0.330 e. The second kappa shape index (κ2) is 22.5. The van der Waals surface area contributed by atoms with Crippen LogP contribution in [0, 0.1) is 38.7 Å². The summed E-state index contributed by atoms with van der Waals surface area (Å²) in [5.74, 6) is -3.70. The number of carbonyl (C=O) groups is 6. The van der Waals surface area contributed by atoms with Gasteiger partial charge in [-0.2, -0.15) is 0 Å². The molecule has 5 amide bonds. The molecule has 320 valence electrons. The van der Waals surface area contributed by atoms with Crippen LogP contribution >= 0.6 is 0 Å². The van der Waals surface area contributed by atoms with Gasteiger partial charge < -0.3 is 36.4 Å². The lowest BCUT2D eigenvalue weighted by Crippen LogP contribution is -2.56. The fourth-order valence-electron chi connectivity index (χ4n) is 6.69. The van der Waals surface area contributed by atoms with E-state index in [9.17, 15) is 44.0 Å². The van der Waals surface area contributed by atoms with Crippen LogP contribution in [0.4, 0.5) is 5.69 Å². The standard InChI is InChI=1S/C42H62N6O10/c1-26(2)19-33(37(52)43-24-36(51)58-32-17-15-31(16-18-32)48(56)57)47-38(53)34(20-30-13-11-10-12-14-30)46-35(50)23-45-40(55)42(9,28(5)6)25-41(8,21-27(3)4)39(54)44-22-29(7)49/h10-18,26-29,33-34,49H,19-25H2,1-9H3,(H,43,52)(H,44,54)(H,45,55)(H,46,50)(H,47,53)/t29?,33-,34-,41?,42?/m0/s1. The number of aliphatic hydroxyl groups is 1. The summed E-state index contributed by atoms with van der Waals surface area (Å²) in [4.78, 5) is 90.7. The molecule has 6 N–H and O–H groups in total. The molecule has 0 saturated heterocycles. The summed E-state index contributed by atoms with van der Waals surface area (Å²) in [6.07, 6.45) is 0.153. The number of hydrogen-bond acceptors (Lipinski definition) is 10. The van der Waals surface area contributed by atoms with Gasteiger partial charge in [-0.1, -0.05) is 85.7 Å². The van der Waals surface area contributed by atoms with Crippen LogP contribution in [0.25, 0.3) is 0 Å². The molecule has 0 aliphatic rings. The third-order valence-electron chi connectivity index (χ3n) is 9.89. The van der Waals surface area contributed by atoms with Crippen LogP contribution in [-0.2, 0) is 35.2 Å². The number of nitrogens with one attached hydrogen (secondary N) is 5. The molecule has 0 spiro atoms. The van der Waals surface area contributed by atoms with Crippen LogP contribution in [0.5, 0.6) is 5.75 Å². The minimum absolute atomic E-state index is 0.0438. The second-order valence-corrected chi connectivity index (χ2v) is 16.6. The topological polar surface area (TPSA) is 235 Å². The maximum absolute atomic E-state index is 13.9. The first-order valence-corrected chi connectivity index (χ1v) is 19.7. The molecule has 58 heavy (non-hydrogen) atoms. The van der Waals surface area contributed by atoms with Gasteiger partial charge in [0, 0.05) is 35.9 Å². The molecule has 0 bridgehead atoms. The first kappa shape index (κ1) is 48.8. The summed E-state index contributed by atoms with van der Waals surface area (Å²) in [6.45, 7) is 15.6. The Morgan fingerprint density at radius 3 is 1.91 bits per heavy atom. The van der Waals surface area contributed by atoms with Crippen molar-refractivity contribution in [1.82, 2.24) is 26.6 Å². The van der Waals surface area contributed by atoms with E-state index >= 15 is 0 Å². The highest BCUT2D eigenvalue weighted by molar-refractivity contribution is 5.94. The van der Waals surface area contributed by atoms with Crippen molar-refractivity contribution in [1.29, 1.82) is 0 Å². The molecular weight excluding hydrogens is 748 g/mol. The van der Waals surface area contributed by atoms with E-state index < -0.39 is 76.6 Å². The summed E-state index contributed by atoms with van der Waals surface area (Å²) in [5.41, 5.74) is -1.52. The van der Waals surface area contributed by atoms with Gasteiger partial charge in [-0.3, -0.25) is 34.1 Å². The Morgan fingerprint density at radius 1 is 0.759 bits per heavy atom. The van der Waals surface area contributed by atoms with Gasteiger partial charge in [0.05, 0.1) is 17.6 Å². The predicted octanol–water partition coefficient (Wildman–Crippen LogP) is 3.59. The lowest BCUT2D eigenvalue weighted by atomic mass is 9.64. The molecule has 5 atom stereocenters. The monoisotopic (exact) mass is 810 g/mol. The highest BCUT2D eigenvalue weighted by Gasteiger charge is 2.46. The number of hydrogen-bond donors (Lipinski definition) is 6. The van der Waals surface area contributed by atoms with Crippen molar-refractivity contribution in [3.8, 4) is 5.75 Å². The number of benzene rings is 2. The molecule has 0 aromatic heterocycles. The van der Waals surface area contributed by atoms with Crippen molar-refractivity contribution in [2.75, 3.05) is 19.6 Å². The summed E-state index contributed by atoms with van der Waals surface area (Å²) in [7, 11) is 0. The Morgan fingerprint density at radius 2 is 1.38 bits per heavy atom. The van der Waals surface area contributed by atoms with Crippen molar-refractivity contribution in [2.45, 2.75) is 106 Å². The van der Waals surface area contributed by atoms with Gasteiger partial charge in [-0.25, -0.2) is 4.79 Å². The molecular formula is C42H62N6O10. The van der Waals surface area contributed by atoms with Crippen molar-refractivity contribution in [3.63, 3.8) is 0 Å². The van der Waals surface area contributed by atoms with E-state index in [0.29, 0.717) is 6.42 Å². The zero-order valence-corrected chi connectivity index (χ0v) is 35.2. The molecule has 16 nitrogen and oxygen atoms in total. The van der Waals surface area contributed by atoms with E-state index in [4.69, 9.17) is 4.74 Å². The van der Waals surface area contributed by atoms with Gasteiger partial charge in [0.25, 0.3) is 5.69 Å². The Bertz CT molecular complexity index is 1720. The van der Waals surface area contributed by atoms with E-state index in [1.54, 1.807) is 51.1 Å². The number of esters is 1. The number of rotatable bonds is 23. The van der Waals surface area contributed by atoms with Crippen molar-refractivity contribution < 1.29 is 43.5 Å². The Balaban J connectivity index is 2.20. The highest BCUT2D eigenvalue weighted by Crippen LogP contribution is 2.43. The predicted molar refractivity (Wildman–Crippen MR) is 218 cm³/mol. The van der Waals surface area contributed by atoms with Gasteiger partial charge in [-0.05, 0) is 61.6 Å². The quantitative estimate of drug-likeness (QED) is 0.0413. The molecule has 0 aliphatic heterocycles. The number of non-ortho nitro benzene ring substituents is 1. The Kier molecular flexibility index (Phi) is 18.9. The first-order valence-electron chi connectivity index (χ1n) is 19.7. The van der Waals surface area contributed by atoms with Crippen molar-refractivity contribution >= 4 is 41.2 Å². The molecule has 0 heterocycles. The van der Waals surface area contributed by atoms with Crippen LogP contribution in [-0.4, -0.2) is 83.4 Å². The maximum Gasteiger partial charge on any atom is 0.330 e. The minimum atomic E-state index is -1.16. The number of nitro benzene ring substituents is 1. The third-order valence-corrected chi connectivity index (χ3v) is 9.89. The average Bonchev–Trinajstić information content (AvgIpc) is 3.14. The number of carbonyl (C=O) groups excluding carboxylic acids is 6. The third kappa shape index (κ3) is 15.9. The van der Waals surface area contributed by atoms with E-state index in [1.807, 2.05) is 41.5 Å². The molecule has 0 saturated carbocycles. The first-order chi connectivity index (χ1) is 27.1. The molecule has 16 heteroatoms. The lowest BCUT2D eigenvalue weighted by Gasteiger charge is -2.41. The van der Waals surface area contributed by atoms with E-state index in [2.05, 4.69) is 26.6 Å². The Labute approximate surface area is 341 Å². The van der Waals surface area contributed by atoms with Gasteiger partial charge in [0.1, 0.15) is 24.4 Å². The molecule has 0 aliphatic carbocycles. The SMILES string of the molecule is CC(C)C[C@H](NC(=O)[C@H](Cc1ccccc1)NC(=O)CNC(=O)C(C)(CC(C)(CC(C)C)C(=O)NCC(C)O)C(C)C)C(=O)NCC(=O)Oc1ccc([N+](=O)[O-])cc1. The number of nitrogens with zero attached hydrogens (tertiary/aromatic N) is 1. The normalized spacial score (nSPS) is 14.9. The fourth-order valence-corrected chi connectivity index (χ4v) is 6.69. The zero-order chi connectivity index (χ0) is 43.8. The van der Waals surface area contributed by atoms with E-state index in [-0.39, 0.29) is 60.9 Å². The second-order valence-electron chi connectivity index (χ2n) is 16.6. The zero-order valence-electron chi connectivity index (χ0n) is 35.2. The summed E-state index contributed by atoms with van der Waals surface area (Å²) in [5, 5.41) is 34.1. The Hall–Kier alpha value is -5.38. The minimum Gasteiger partial charge on any atom is -0.425 e. The van der Waals surface area contributed by atoms with Crippen LogP contribution in [0.1, 0.15) is 87.1 Å². The molecule has 0 fully saturated rings. The van der Waals surface area contributed by atoms with Crippen LogP contribution < -0.4 is 31.3 Å². The molecule has 3 unspecified atom stereocenters. The number of aliphatic hydroxyl groups excluding tert-OH is 1. The summed E-state index contributed by atoms with van der Waals surface area (Å²) >= 11 is 0. The number of ether oxygens (including phenoxy) is 1.